The first-order valence-corrected chi connectivity index (χ1v) is 7.38. The molecule has 1 aromatic heterocycles. The lowest BCUT2D eigenvalue weighted by atomic mass is 10.2. The zero-order valence-corrected chi connectivity index (χ0v) is 12.6. The van der Waals surface area contributed by atoms with Crippen molar-refractivity contribution in [1.29, 1.82) is 0 Å². The number of hydrogen-bond acceptors (Lipinski definition) is 5. The van der Waals surface area contributed by atoms with E-state index in [4.69, 9.17) is 9.47 Å². The number of nitrogens with one attached hydrogen (secondary N) is 1. The van der Waals surface area contributed by atoms with Gasteiger partial charge in [0.05, 0.1) is 18.8 Å². The fourth-order valence-electron chi connectivity index (χ4n) is 2.27. The van der Waals surface area contributed by atoms with Crippen molar-refractivity contribution < 1.29 is 9.47 Å². The number of pyridine rings is 1. The van der Waals surface area contributed by atoms with E-state index in [1.54, 1.807) is 6.20 Å². The van der Waals surface area contributed by atoms with Crippen molar-refractivity contribution in [2.45, 2.75) is 33.0 Å². The van der Waals surface area contributed by atoms with E-state index in [0.29, 0.717) is 0 Å². The Balaban J connectivity index is 1.90. The van der Waals surface area contributed by atoms with Crippen LogP contribution < -0.4 is 10.1 Å². The minimum Gasteiger partial charge on any atom is -0.487 e. The average Bonchev–Trinajstić information content (AvgIpc) is 2.46. The molecule has 20 heavy (non-hydrogen) atoms. The van der Waals surface area contributed by atoms with Crippen LogP contribution in [0, 0.1) is 0 Å². The third kappa shape index (κ3) is 4.35. The summed E-state index contributed by atoms with van der Waals surface area (Å²) in [6, 6.07) is 3.83. The molecule has 112 valence electrons. The summed E-state index contributed by atoms with van der Waals surface area (Å²) in [6.45, 7) is 10.8. The monoisotopic (exact) mass is 279 g/mol. The van der Waals surface area contributed by atoms with Gasteiger partial charge in [0.15, 0.2) is 11.6 Å². The molecule has 1 aliphatic heterocycles. The van der Waals surface area contributed by atoms with E-state index in [0.717, 1.165) is 44.4 Å². The fourth-order valence-corrected chi connectivity index (χ4v) is 2.27. The molecule has 1 N–H and O–H groups in total. The standard InChI is InChI=1S/C15H25N3O2/c1-4-18-8-9-19-13(11-18)10-17-15-14(20-12(2)3)6-5-7-16-15/h5-7,12-13H,4,8-11H2,1-3H3,(H,16,17). The highest BCUT2D eigenvalue weighted by atomic mass is 16.5. The molecule has 5 heteroatoms. The van der Waals surface area contributed by atoms with Gasteiger partial charge in [-0.15, -0.1) is 0 Å². The quantitative estimate of drug-likeness (QED) is 0.863. The summed E-state index contributed by atoms with van der Waals surface area (Å²) < 4.78 is 11.5. The maximum absolute atomic E-state index is 5.78. The Morgan fingerprint density at radius 3 is 3.15 bits per heavy atom. The topological polar surface area (TPSA) is 46.6 Å². The molecule has 1 aromatic rings. The lowest BCUT2D eigenvalue weighted by Crippen LogP contribution is -2.45. The maximum atomic E-state index is 5.78. The van der Waals surface area contributed by atoms with Crippen molar-refractivity contribution in [3.8, 4) is 5.75 Å². The van der Waals surface area contributed by atoms with Gasteiger partial charge in [-0.2, -0.15) is 0 Å². The zero-order chi connectivity index (χ0) is 14.4. The highest BCUT2D eigenvalue weighted by Crippen LogP contribution is 2.22. The number of morpholine rings is 1. The van der Waals surface area contributed by atoms with Crippen LogP contribution in [0.5, 0.6) is 5.75 Å². The van der Waals surface area contributed by atoms with Crippen molar-refractivity contribution in [2.24, 2.45) is 0 Å². The first-order valence-electron chi connectivity index (χ1n) is 7.38. The van der Waals surface area contributed by atoms with Crippen LogP contribution in [0.2, 0.25) is 0 Å². The van der Waals surface area contributed by atoms with E-state index in [1.165, 1.54) is 0 Å². The van der Waals surface area contributed by atoms with E-state index in [9.17, 15) is 0 Å². The number of nitrogens with zero attached hydrogens (tertiary/aromatic N) is 2. The van der Waals surface area contributed by atoms with Crippen molar-refractivity contribution in [2.75, 3.05) is 38.1 Å². The van der Waals surface area contributed by atoms with Gasteiger partial charge in [0.25, 0.3) is 0 Å². The van der Waals surface area contributed by atoms with Crippen molar-refractivity contribution in [3.05, 3.63) is 18.3 Å². The van der Waals surface area contributed by atoms with Gasteiger partial charge in [0, 0.05) is 25.8 Å². The number of likely N-dealkylation sites (N-methyl/N-ethyl adjacent to an activating group) is 1. The lowest BCUT2D eigenvalue weighted by molar-refractivity contribution is -0.0192. The van der Waals surface area contributed by atoms with Gasteiger partial charge in [-0.25, -0.2) is 4.98 Å². The van der Waals surface area contributed by atoms with E-state index >= 15 is 0 Å². The first kappa shape index (κ1) is 15.1. The molecule has 0 bridgehead atoms. The summed E-state index contributed by atoms with van der Waals surface area (Å²) in [5.74, 6) is 1.59. The Kier molecular flexibility index (Phi) is 5.61. The van der Waals surface area contributed by atoms with E-state index in [1.807, 2.05) is 26.0 Å². The summed E-state index contributed by atoms with van der Waals surface area (Å²) in [4.78, 5) is 6.75. The van der Waals surface area contributed by atoms with Crippen LogP contribution in [0.3, 0.4) is 0 Å². The van der Waals surface area contributed by atoms with Gasteiger partial charge in [-0.3, -0.25) is 4.90 Å². The maximum Gasteiger partial charge on any atom is 0.168 e. The molecular formula is C15H25N3O2. The molecule has 0 aromatic carbocycles. The fraction of sp³-hybridized carbons (Fsp3) is 0.667. The third-order valence-corrected chi connectivity index (χ3v) is 3.30. The second-order valence-corrected chi connectivity index (χ2v) is 5.28. The molecule has 0 radical (unpaired) electrons. The minimum absolute atomic E-state index is 0.140. The number of aromatic nitrogens is 1. The Morgan fingerprint density at radius 2 is 2.40 bits per heavy atom. The largest absolute Gasteiger partial charge is 0.487 e. The molecule has 0 amide bonds. The lowest BCUT2D eigenvalue weighted by Gasteiger charge is -2.32. The Labute approximate surface area is 121 Å². The smallest absolute Gasteiger partial charge is 0.168 e. The van der Waals surface area contributed by atoms with Crippen LogP contribution in [0.25, 0.3) is 0 Å². The Hall–Kier alpha value is -1.33. The van der Waals surface area contributed by atoms with Crippen LogP contribution in [-0.2, 0) is 4.74 Å². The van der Waals surface area contributed by atoms with Crippen LogP contribution in [-0.4, -0.2) is 54.9 Å². The van der Waals surface area contributed by atoms with Crippen LogP contribution in [0.4, 0.5) is 5.82 Å². The highest BCUT2D eigenvalue weighted by Gasteiger charge is 2.19. The highest BCUT2D eigenvalue weighted by molar-refractivity contribution is 5.49. The molecule has 5 nitrogen and oxygen atoms in total. The number of rotatable bonds is 6. The average molecular weight is 279 g/mol. The van der Waals surface area contributed by atoms with Gasteiger partial charge in [-0.05, 0) is 32.5 Å². The SMILES string of the molecule is CCN1CCOC(CNc2ncccc2OC(C)C)C1. The summed E-state index contributed by atoms with van der Waals surface area (Å²) in [5.41, 5.74) is 0. The van der Waals surface area contributed by atoms with Crippen LogP contribution in [0.1, 0.15) is 20.8 Å². The van der Waals surface area contributed by atoms with Crippen molar-refractivity contribution in [3.63, 3.8) is 0 Å². The third-order valence-electron chi connectivity index (χ3n) is 3.30. The summed E-state index contributed by atoms with van der Waals surface area (Å²) in [5, 5.41) is 3.35. The van der Waals surface area contributed by atoms with Gasteiger partial charge < -0.3 is 14.8 Å². The van der Waals surface area contributed by atoms with Gasteiger partial charge >= 0.3 is 0 Å². The number of ether oxygens (including phenoxy) is 2. The predicted octanol–water partition coefficient (Wildman–Crippen LogP) is 2.00. The van der Waals surface area contributed by atoms with E-state index < -0.39 is 0 Å². The summed E-state index contributed by atoms with van der Waals surface area (Å²) >= 11 is 0. The first-order chi connectivity index (χ1) is 9.69. The molecule has 0 aliphatic carbocycles. The zero-order valence-electron chi connectivity index (χ0n) is 12.6. The van der Waals surface area contributed by atoms with Crippen LogP contribution in [0.15, 0.2) is 18.3 Å². The molecule has 1 atom stereocenters. The summed E-state index contributed by atoms with van der Waals surface area (Å²) in [6.07, 6.45) is 2.12. The van der Waals surface area contributed by atoms with E-state index in [-0.39, 0.29) is 12.2 Å². The molecule has 0 saturated carbocycles. The molecule has 2 heterocycles. The Bertz CT molecular complexity index is 412. The predicted molar refractivity (Wildman–Crippen MR) is 80.3 cm³/mol. The van der Waals surface area contributed by atoms with Gasteiger partial charge in [-0.1, -0.05) is 6.92 Å². The molecular weight excluding hydrogens is 254 g/mol. The van der Waals surface area contributed by atoms with Gasteiger partial charge in [0.1, 0.15) is 0 Å². The molecule has 1 fully saturated rings. The normalized spacial score (nSPS) is 20.1. The molecule has 2 rings (SSSR count). The second-order valence-electron chi connectivity index (χ2n) is 5.28. The number of anilines is 1. The molecule has 0 spiro atoms. The number of hydrogen-bond donors (Lipinski definition) is 1. The van der Waals surface area contributed by atoms with Gasteiger partial charge in [0.2, 0.25) is 0 Å². The second kappa shape index (κ2) is 7.45. The molecule has 1 aliphatic rings. The minimum atomic E-state index is 0.140. The molecule has 1 saturated heterocycles. The molecule has 1 unspecified atom stereocenters. The van der Waals surface area contributed by atoms with Crippen molar-refractivity contribution >= 4 is 5.82 Å². The summed E-state index contributed by atoms with van der Waals surface area (Å²) in [7, 11) is 0. The Morgan fingerprint density at radius 1 is 1.55 bits per heavy atom. The van der Waals surface area contributed by atoms with Crippen LogP contribution >= 0.6 is 0 Å². The van der Waals surface area contributed by atoms with Crippen molar-refractivity contribution in [1.82, 2.24) is 9.88 Å². The van der Waals surface area contributed by atoms with E-state index in [2.05, 4.69) is 22.1 Å².